The molecule has 1 aromatic carbocycles. The largest absolute Gasteiger partial charge is 0.482 e. The van der Waals surface area contributed by atoms with Gasteiger partial charge in [0.15, 0.2) is 6.61 Å². The molecule has 0 saturated carbocycles. The average molecular weight is 296 g/mol. The van der Waals surface area contributed by atoms with E-state index in [0.717, 1.165) is 0 Å². The van der Waals surface area contributed by atoms with Crippen molar-refractivity contribution in [2.75, 3.05) is 24.6 Å². The van der Waals surface area contributed by atoms with Gasteiger partial charge in [0, 0.05) is 13.1 Å². The van der Waals surface area contributed by atoms with Crippen LogP contribution in [0.2, 0.25) is 0 Å². The van der Waals surface area contributed by atoms with Crippen molar-refractivity contribution in [2.45, 2.75) is 11.8 Å². The highest BCUT2D eigenvalue weighted by atomic mass is 32.2. The first-order valence-corrected chi connectivity index (χ1v) is 7.65. The van der Waals surface area contributed by atoms with Crippen molar-refractivity contribution in [1.29, 1.82) is 0 Å². The van der Waals surface area contributed by atoms with E-state index in [9.17, 15) is 13.2 Å². The third kappa shape index (κ3) is 2.68. The number of amides is 1. The Hall–Kier alpha value is -1.86. The molecule has 0 atom stereocenters. The zero-order chi connectivity index (χ0) is 14.8. The summed E-state index contributed by atoms with van der Waals surface area (Å²) in [6.45, 7) is 5.86. The molecule has 1 aromatic rings. The monoisotopic (exact) mass is 296 g/mol. The Labute approximate surface area is 118 Å². The molecule has 1 aliphatic heterocycles. The lowest BCUT2D eigenvalue weighted by atomic mass is 10.2. The number of carbonyl (C=O) groups is 1. The van der Waals surface area contributed by atoms with Crippen LogP contribution in [0.15, 0.2) is 35.7 Å². The van der Waals surface area contributed by atoms with Crippen molar-refractivity contribution in [3.8, 4) is 5.75 Å². The highest BCUT2D eigenvalue weighted by molar-refractivity contribution is 7.89. The van der Waals surface area contributed by atoms with Crippen molar-refractivity contribution in [3.05, 3.63) is 30.9 Å². The van der Waals surface area contributed by atoms with Crippen molar-refractivity contribution in [1.82, 2.24) is 4.72 Å². The molecule has 6 nitrogen and oxygen atoms in total. The normalized spacial score (nSPS) is 14.7. The molecule has 0 unspecified atom stereocenters. The smallest absolute Gasteiger partial charge is 0.265 e. The van der Waals surface area contributed by atoms with Gasteiger partial charge in [-0.05, 0) is 25.1 Å². The summed E-state index contributed by atoms with van der Waals surface area (Å²) in [7, 11) is -3.62. The zero-order valence-electron chi connectivity index (χ0n) is 11.1. The third-order valence-electron chi connectivity index (χ3n) is 2.92. The molecule has 0 aromatic heterocycles. The Bertz CT molecular complexity index is 640. The minimum Gasteiger partial charge on any atom is -0.482 e. The van der Waals surface area contributed by atoms with Crippen LogP contribution in [0.4, 0.5) is 5.69 Å². The van der Waals surface area contributed by atoms with Gasteiger partial charge in [-0.25, -0.2) is 13.1 Å². The number of benzene rings is 1. The second kappa shape index (κ2) is 5.64. The van der Waals surface area contributed by atoms with Gasteiger partial charge in [-0.2, -0.15) is 0 Å². The molecule has 0 radical (unpaired) electrons. The van der Waals surface area contributed by atoms with Crippen LogP contribution in [0.5, 0.6) is 5.75 Å². The van der Waals surface area contributed by atoms with Crippen molar-refractivity contribution < 1.29 is 17.9 Å². The molecule has 7 heteroatoms. The van der Waals surface area contributed by atoms with E-state index in [1.807, 2.05) is 6.92 Å². The molecule has 1 heterocycles. The first kappa shape index (κ1) is 14.5. The first-order chi connectivity index (χ1) is 9.49. The number of sulfonamides is 1. The summed E-state index contributed by atoms with van der Waals surface area (Å²) in [4.78, 5) is 13.3. The second-order valence-corrected chi connectivity index (χ2v) is 5.96. The number of hydrogen-bond donors (Lipinski definition) is 1. The van der Waals surface area contributed by atoms with E-state index in [1.165, 1.54) is 23.1 Å². The van der Waals surface area contributed by atoms with Crippen molar-refractivity contribution in [2.24, 2.45) is 0 Å². The van der Waals surface area contributed by atoms with Crippen molar-refractivity contribution >= 4 is 21.6 Å². The highest BCUT2D eigenvalue weighted by Crippen LogP contribution is 2.33. The Morgan fingerprint density at radius 3 is 2.90 bits per heavy atom. The second-order valence-electron chi connectivity index (χ2n) is 4.20. The van der Waals surface area contributed by atoms with Gasteiger partial charge in [0.2, 0.25) is 10.0 Å². The first-order valence-electron chi connectivity index (χ1n) is 6.17. The van der Waals surface area contributed by atoms with Crippen LogP contribution >= 0.6 is 0 Å². The fraction of sp³-hybridized carbons (Fsp3) is 0.308. The van der Waals surface area contributed by atoms with Gasteiger partial charge in [-0.3, -0.25) is 4.79 Å². The summed E-state index contributed by atoms with van der Waals surface area (Å²) in [5.41, 5.74) is 0.477. The predicted molar refractivity (Wildman–Crippen MR) is 75.3 cm³/mol. The lowest BCUT2D eigenvalue weighted by Crippen LogP contribution is -2.38. The zero-order valence-corrected chi connectivity index (χ0v) is 11.9. The van der Waals surface area contributed by atoms with Gasteiger partial charge in [0.05, 0.1) is 10.6 Å². The number of rotatable bonds is 5. The van der Waals surface area contributed by atoms with Gasteiger partial charge in [0.1, 0.15) is 5.75 Å². The number of carbonyl (C=O) groups excluding carboxylic acids is 1. The molecule has 108 valence electrons. The van der Waals surface area contributed by atoms with Crippen LogP contribution in [-0.4, -0.2) is 34.0 Å². The molecule has 0 bridgehead atoms. The summed E-state index contributed by atoms with van der Waals surface area (Å²) in [6.07, 6.45) is 1.46. The Morgan fingerprint density at radius 2 is 2.25 bits per heavy atom. The number of hydrogen-bond acceptors (Lipinski definition) is 4. The van der Waals surface area contributed by atoms with E-state index in [4.69, 9.17) is 4.74 Å². The molecule has 0 spiro atoms. The van der Waals surface area contributed by atoms with Crippen molar-refractivity contribution in [3.63, 3.8) is 0 Å². The molecule has 1 amide bonds. The number of anilines is 1. The van der Waals surface area contributed by atoms with Gasteiger partial charge >= 0.3 is 0 Å². The van der Waals surface area contributed by atoms with E-state index in [0.29, 0.717) is 18.0 Å². The van der Waals surface area contributed by atoms with E-state index in [2.05, 4.69) is 11.3 Å². The lowest BCUT2D eigenvalue weighted by Gasteiger charge is -2.28. The quantitative estimate of drug-likeness (QED) is 0.819. The number of ether oxygens (including phenoxy) is 1. The molecule has 0 fully saturated rings. The van der Waals surface area contributed by atoms with Gasteiger partial charge in [-0.1, -0.05) is 6.08 Å². The number of nitrogens with zero attached hydrogens (tertiary/aromatic N) is 1. The minimum absolute atomic E-state index is 0.0261. The van der Waals surface area contributed by atoms with E-state index in [1.54, 1.807) is 6.07 Å². The summed E-state index contributed by atoms with van der Waals surface area (Å²) in [5, 5.41) is 0. The van der Waals surface area contributed by atoms with Crippen LogP contribution in [0.3, 0.4) is 0 Å². The van der Waals surface area contributed by atoms with E-state index >= 15 is 0 Å². The fourth-order valence-corrected chi connectivity index (χ4v) is 2.97. The fourth-order valence-electron chi connectivity index (χ4n) is 1.95. The van der Waals surface area contributed by atoms with Crippen LogP contribution in [0.25, 0.3) is 0 Å². The highest BCUT2D eigenvalue weighted by Gasteiger charge is 2.26. The SMILES string of the molecule is C=CCNS(=O)(=O)c1ccc2c(c1)N(CC)C(=O)CO2. The molecule has 20 heavy (non-hydrogen) atoms. The number of likely N-dealkylation sites (N-methyl/N-ethyl adjacent to an activating group) is 1. The Kier molecular flexibility index (Phi) is 4.10. The Morgan fingerprint density at radius 1 is 1.50 bits per heavy atom. The van der Waals surface area contributed by atoms with E-state index in [-0.39, 0.29) is 24.0 Å². The van der Waals surface area contributed by atoms with Crippen LogP contribution in [0, 0.1) is 0 Å². The molecule has 1 N–H and O–H groups in total. The molecule has 1 aliphatic rings. The summed E-state index contributed by atoms with van der Waals surface area (Å²) in [6, 6.07) is 4.46. The van der Waals surface area contributed by atoms with Gasteiger partial charge < -0.3 is 9.64 Å². The molecular weight excluding hydrogens is 280 g/mol. The van der Waals surface area contributed by atoms with Crippen LogP contribution in [-0.2, 0) is 14.8 Å². The number of nitrogens with one attached hydrogen (secondary N) is 1. The summed E-state index contributed by atoms with van der Waals surface area (Å²) >= 11 is 0. The predicted octanol–water partition coefficient (Wildman–Crippen LogP) is 0.896. The molecule has 0 aliphatic carbocycles. The maximum absolute atomic E-state index is 12.1. The summed E-state index contributed by atoms with van der Waals surface area (Å²) < 4.78 is 31.8. The number of fused-ring (bicyclic) bond motifs is 1. The van der Waals surface area contributed by atoms with E-state index < -0.39 is 10.0 Å². The Balaban J connectivity index is 2.42. The minimum atomic E-state index is -3.62. The standard InChI is InChI=1S/C13H16N2O4S/c1-3-7-14-20(17,18)10-5-6-12-11(8-10)15(4-2)13(16)9-19-12/h3,5-6,8,14H,1,4,7,9H2,2H3. The summed E-state index contributed by atoms with van der Waals surface area (Å²) in [5.74, 6) is 0.322. The molecule has 2 rings (SSSR count). The average Bonchev–Trinajstić information content (AvgIpc) is 2.44. The van der Waals surface area contributed by atoms with Gasteiger partial charge in [-0.15, -0.1) is 6.58 Å². The van der Waals surface area contributed by atoms with Crippen LogP contribution < -0.4 is 14.4 Å². The molecular formula is C13H16N2O4S. The van der Waals surface area contributed by atoms with Gasteiger partial charge in [0.25, 0.3) is 5.91 Å². The lowest BCUT2D eigenvalue weighted by molar-refractivity contribution is -0.121. The topological polar surface area (TPSA) is 75.7 Å². The molecule has 0 saturated heterocycles. The van der Waals surface area contributed by atoms with Crippen LogP contribution in [0.1, 0.15) is 6.92 Å². The maximum atomic E-state index is 12.1. The third-order valence-corrected chi connectivity index (χ3v) is 4.34. The maximum Gasteiger partial charge on any atom is 0.265 e.